The van der Waals surface area contributed by atoms with Gasteiger partial charge in [-0.25, -0.2) is 4.79 Å². The van der Waals surface area contributed by atoms with Crippen molar-refractivity contribution in [2.75, 3.05) is 0 Å². The maximum Gasteiger partial charge on any atom is 0.341 e. The van der Waals surface area contributed by atoms with Gasteiger partial charge in [-0.3, -0.25) is 9.97 Å². The van der Waals surface area contributed by atoms with Crippen molar-refractivity contribution < 1.29 is 14.6 Å². The molecule has 2 rings (SSSR count). The molecule has 0 atom stereocenters. The van der Waals surface area contributed by atoms with Gasteiger partial charge in [-0.05, 0) is 28.9 Å². The van der Waals surface area contributed by atoms with Crippen LogP contribution in [-0.2, 0) is 0 Å². The Hall–Kier alpha value is -1.95. The van der Waals surface area contributed by atoms with Gasteiger partial charge in [0.05, 0.1) is 6.20 Å². The predicted octanol–water partition coefficient (Wildman–Crippen LogP) is 3.04. The molecule has 6 heteroatoms. The molecular weight excluding hydrogens is 300 g/mol. The van der Waals surface area contributed by atoms with Crippen LogP contribution < -0.4 is 4.74 Å². The van der Waals surface area contributed by atoms with Gasteiger partial charge in [0.15, 0.2) is 0 Å². The minimum Gasteiger partial charge on any atom is -0.477 e. The first kappa shape index (κ1) is 12.5. The highest BCUT2D eigenvalue weighted by atomic mass is 79.9. The summed E-state index contributed by atoms with van der Waals surface area (Å²) in [5.74, 6) is -0.382. The number of rotatable bonds is 3. The smallest absolute Gasteiger partial charge is 0.341 e. The molecule has 0 radical (unpaired) electrons. The Kier molecular flexibility index (Phi) is 3.57. The van der Waals surface area contributed by atoms with Gasteiger partial charge in [-0.1, -0.05) is 0 Å². The second-order valence-corrected chi connectivity index (χ2v) is 4.48. The summed E-state index contributed by atoms with van der Waals surface area (Å²) < 4.78 is 6.27. The number of nitrogens with zero attached hydrogens (tertiary/aromatic N) is 2. The topological polar surface area (TPSA) is 72.3 Å². The summed E-state index contributed by atoms with van der Waals surface area (Å²) in [6, 6.07) is 3.28. The molecule has 18 heavy (non-hydrogen) atoms. The third-order valence-electron chi connectivity index (χ3n) is 2.14. The molecule has 0 aromatic carbocycles. The third-order valence-corrected chi connectivity index (χ3v) is 2.57. The fraction of sp³-hybridized carbons (Fsp3) is 0.0833. The summed E-state index contributed by atoms with van der Waals surface area (Å²) in [6.07, 6.45) is 4.40. The van der Waals surface area contributed by atoms with E-state index in [0.29, 0.717) is 11.4 Å². The van der Waals surface area contributed by atoms with Crippen molar-refractivity contribution in [3.05, 3.63) is 46.5 Å². The van der Waals surface area contributed by atoms with Gasteiger partial charge in [0.25, 0.3) is 0 Å². The van der Waals surface area contributed by atoms with E-state index < -0.39 is 5.97 Å². The Morgan fingerprint density at radius 2 is 2.11 bits per heavy atom. The molecule has 2 aromatic rings. The lowest BCUT2D eigenvalue weighted by Gasteiger charge is -2.08. The van der Waals surface area contributed by atoms with Crippen molar-refractivity contribution in [3.8, 4) is 11.5 Å². The first-order valence-electron chi connectivity index (χ1n) is 5.04. The highest BCUT2D eigenvalue weighted by molar-refractivity contribution is 9.10. The van der Waals surface area contributed by atoms with E-state index in [1.54, 1.807) is 25.3 Å². The SMILES string of the molecule is Cc1cc(Oc2cncc(Br)c2)c(C(=O)O)cn1. The number of carboxylic acids is 1. The van der Waals surface area contributed by atoms with E-state index >= 15 is 0 Å². The number of pyridine rings is 2. The van der Waals surface area contributed by atoms with Gasteiger partial charge in [0, 0.05) is 28.6 Å². The number of carbonyl (C=O) groups is 1. The zero-order valence-corrected chi connectivity index (χ0v) is 11.0. The minimum absolute atomic E-state index is 0.0144. The molecule has 0 spiro atoms. The van der Waals surface area contributed by atoms with Crippen LogP contribution in [-0.4, -0.2) is 21.0 Å². The summed E-state index contributed by atoms with van der Waals surface area (Å²) in [5, 5.41) is 9.04. The molecule has 0 aliphatic carbocycles. The molecule has 2 heterocycles. The predicted molar refractivity (Wildman–Crippen MR) is 67.9 cm³/mol. The Balaban J connectivity index is 2.39. The Labute approximate surface area is 112 Å². The molecule has 0 saturated heterocycles. The molecule has 0 saturated carbocycles. The van der Waals surface area contributed by atoms with Crippen LogP contribution in [0, 0.1) is 6.92 Å². The number of aromatic carboxylic acids is 1. The van der Waals surface area contributed by atoms with Gasteiger partial charge in [0.2, 0.25) is 0 Å². The van der Waals surface area contributed by atoms with E-state index in [1.807, 2.05) is 0 Å². The molecule has 0 fully saturated rings. The van der Waals surface area contributed by atoms with Crippen LogP contribution in [0.5, 0.6) is 11.5 Å². The lowest BCUT2D eigenvalue weighted by Crippen LogP contribution is -2.02. The van der Waals surface area contributed by atoms with Crippen molar-refractivity contribution in [1.82, 2.24) is 9.97 Å². The quantitative estimate of drug-likeness (QED) is 0.943. The number of hydrogen-bond donors (Lipinski definition) is 1. The third kappa shape index (κ3) is 2.84. The lowest BCUT2D eigenvalue weighted by molar-refractivity contribution is 0.0693. The van der Waals surface area contributed by atoms with Gasteiger partial charge < -0.3 is 9.84 Å². The standard InChI is InChI=1S/C12H9BrN2O3/c1-7-2-11(10(6-15-7)12(16)17)18-9-3-8(13)4-14-5-9/h2-6H,1H3,(H,16,17). The molecule has 5 nitrogen and oxygen atoms in total. The minimum atomic E-state index is -1.08. The summed E-state index contributed by atoms with van der Waals surface area (Å²) in [4.78, 5) is 18.9. The van der Waals surface area contributed by atoms with E-state index in [-0.39, 0.29) is 11.3 Å². The summed E-state index contributed by atoms with van der Waals surface area (Å²) in [6.45, 7) is 1.76. The number of ether oxygens (including phenoxy) is 1. The van der Waals surface area contributed by atoms with Crippen LogP contribution in [0.1, 0.15) is 16.1 Å². The molecule has 2 aromatic heterocycles. The average molecular weight is 309 g/mol. The summed E-state index contributed by atoms with van der Waals surface area (Å²) in [5.41, 5.74) is 0.693. The number of hydrogen-bond acceptors (Lipinski definition) is 4. The first-order valence-corrected chi connectivity index (χ1v) is 5.84. The van der Waals surface area contributed by atoms with Gasteiger partial charge in [0.1, 0.15) is 17.1 Å². The second-order valence-electron chi connectivity index (χ2n) is 3.57. The monoisotopic (exact) mass is 308 g/mol. The van der Waals surface area contributed by atoms with E-state index in [4.69, 9.17) is 9.84 Å². The van der Waals surface area contributed by atoms with Crippen molar-refractivity contribution in [3.63, 3.8) is 0 Å². The van der Waals surface area contributed by atoms with Crippen molar-refractivity contribution in [2.45, 2.75) is 6.92 Å². The highest BCUT2D eigenvalue weighted by Gasteiger charge is 2.13. The van der Waals surface area contributed by atoms with E-state index in [9.17, 15) is 4.79 Å². The van der Waals surface area contributed by atoms with Crippen molar-refractivity contribution in [1.29, 1.82) is 0 Å². The number of aryl methyl sites for hydroxylation is 1. The zero-order valence-electron chi connectivity index (χ0n) is 9.42. The number of aromatic nitrogens is 2. The molecule has 0 amide bonds. The molecule has 0 bridgehead atoms. The molecule has 1 N–H and O–H groups in total. The molecule has 0 aliphatic heterocycles. The van der Waals surface area contributed by atoms with E-state index in [2.05, 4.69) is 25.9 Å². The normalized spacial score (nSPS) is 10.1. The molecule has 92 valence electrons. The van der Waals surface area contributed by atoms with Crippen LogP contribution in [0.25, 0.3) is 0 Å². The maximum atomic E-state index is 11.0. The van der Waals surface area contributed by atoms with Crippen molar-refractivity contribution in [2.24, 2.45) is 0 Å². The highest BCUT2D eigenvalue weighted by Crippen LogP contribution is 2.26. The van der Waals surface area contributed by atoms with Crippen LogP contribution in [0.3, 0.4) is 0 Å². The van der Waals surface area contributed by atoms with Crippen molar-refractivity contribution >= 4 is 21.9 Å². The Morgan fingerprint density at radius 1 is 1.33 bits per heavy atom. The van der Waals surface area contributed by atoms with Gasteiger partial charge in [-0.15, -0.1) is 0 Å². The van der Waals surface area contributed by atoms with Crippen LogP contribution in [0.15, 0.2) is 35.2 Å². The maximum absolute atomic E-state index is 11.0. The lowest BCUT2D eigenvalue weighted by atomic mass is 10.2. The fourth-order valence-corrected chi connectivity index (χ4v) is 1.70. The Bertz CT molecular complexity index is 602. The average Bonchev–Trinajstić information content (AvgIpc) is 2.28. The first-order chi connectivity index (χ1) is 8.56. The fourth-order valence-electron chi connectivity index (χ4n) is 1.35. The molecular formula is C12H9BrN2O3. The largest absolute Gasteiger partial charge is 0.477 e. The van der Waals surface area contributed by atoms with E-state index in [1.165, 1.54) is 12.4 Å². The molecule has 0 aliphatic rings. The summed E-state index contributed by atoms with van der Waals surface area (Å²) >= 11 is 3.27. The summed E-state index contributed by atoms with van der Waals surface area (Å²) in [7, 11) is 0. The molecule has 0 unspecified atom stereocenters. The van der Waals surface area contributed by atoms with E-state index in [0.717, 1.165) is 4.47 Å². The Morgan fingerprint density at radius 3 is 2.78 bits per heavy atom. The number of carboxylic acid groups (broad SMARTS) is 1. The zero-order chi connectivity index (χ0) is 13.1. The van der Waals surface area contributed by atoms with Crippen LogP contribution in [0.4, 0.5) is 0 Å². The van der Waals surface area contributed by atoms with Crippen LogP contribution in [0.2, 0.25) is 0 Å². The second kappa shape index (κ2) is 5.14. The van der Waals surface area contributed by atoms with Gasteiger partial charge >= 0.3 is 5.97 Å². The van der Waals surface area contributed by atoms with Crippen LogP contribution >= 0.6 is 15.9 Å². The van der Waals surface area contributed by atoms with Gasteiger partial charge in [-0.2, -0.15) is 0 Å². The number of halogens is 1.